The summed E-state index contributed by atoms with van der Waals surface area (Å²) < 4.78 is 5.30. The fourth-order valence-corrected chi connectivity index (χ4v) is 4.44. The number of ether oxygens (including phenoxy) is 1. The van der Waals surface area contributed by atoms with Crippen molar-refractivity contribution in [2.24, 2.45) is 11.3 Å². The van der Waals surface area contributed by atoms with Gasteiger partial charge in [-0.05, 0) is 36.5 Å². The van der Waals surface area contributed by atoms with E-state index in [9.17, 15) is 14.7 Å². The molecular formula is C19H25ClN2O4. The second kappa shape index (κ2) is 7.45. The molecule has 1 N–H and O–H groups in total. The number of carbonyl (C=O) groups excluding carboxylic acids is 2. The molecule has 1 aromatic carbocycles. The molecule has 2 aliphatic heterocycles. The maximum absolute atomic E-state index is 12.9. The normalized spacial score (nSPS) is 21.9. The number of nitrogens with zero attached hydrogens (tertiary/aromatic N) is 2. The lowest BCUT2D eigenvalue weighted by molar-refractivity contribution is -0.128. The van der Waals surface area contributed by atoms with Crippen molar-refractivity contribution in [3.8, 4) is 5.75 Å². The Kier molecular flexibility index (Phi) is 5.44. The summed E-state index contributed by atoms with van der Waals surface area (Å²) in [6.45, 7) is 4.09. The molecule has 1 atom stereocenters. The van der Waals surface area contributed by atoms with Gasteiger partial charge < -0.3 is 19.6 Å². The third kappa shape index (κ3) is 3.40. The van der Waals surface area contributed by atoms with Crippen LogP contribution in [0.25, 0.3) is 0 Å². The molecule has 2 amide bonds. The molecule has 2 saturated heterocycles. The van der Waals surface area contributed by atoms with Crippen molar-refractivity contribution in [3.05, 3.63) is 28.8 Å². The van der Waals surface area contributed by atoms with Crippen LogP contribution in [0.5, 0.6) is 5.75 Å². The first-order chi connectivity index (χ1) is 12.4. The SMILES string of the molecule is COc1ccc(Cl)cc1C(=O)N1CCC2(CC1)CN(C(C)=O)CC2CO. The molecular weight excluding hydrogens is 356 g/mol. The molecule has 2 aliphatic rings. The average molecular weight is 381 g/mol. The van der Waals surface area contributed by atoms with Crippen LogP contribution in [0.1, 0.15) is 30.1 Å². The lowest BCUT2D eigenvalue weighted by atomic mass is 9.71. The largest absolute Gasteiger partial charge is 0.496 e. The fourth-order valence-electron chi connectivity index (χ4n) is 4.26. The number of amides is 2. The van der Waals surface area contributed by atoms with E-state index in [0.717, 1.165) is 12.8 Å². The second-order valence-corrected chi connectivity index (χ2v) is 7.71. The van der Waals surface area contributed by atoms with Crippen molar-refractivity contribution in [2.75, 3.05) is 39.9 Å². The van der Waals surface area contributed by atoms with Crippen molar-refractivity contribution in [1.82, 2.24) is 9.80 Å². The highest BCUT2D eigenvalue weighted by Gasteiger charge is 2.48. The highest BCUT2D eigenvalue weighted by atomic mass is 35.5. The highest BCUT2D eigenvalue weighted by Crippen LogP contribution is 2.44. The molecule has 0 bridgehead atoms. The van der Waals surface area contributed by atoms with Gasteiger partial charge in [-0.15, -0.1) is 0 Å². The number of carbonyl (C=O) groups is 2. The van der Waals surface area contributed by atoms with E-state index in [1.54, 1.807) is 25.1 Å². The zero-order valence-corrected chi connectivity index (χ0v) is 16.0. The van der Waals surface area contributed by atoms with Crippen LogP contribution in [0.4, 0.5) is 0 Å². The minimum absolute atomic E-state index is 0.0440. The van der Waals surface area contributed by atoms with E-state index in [1.165, 1.54) is 7.11 Å². The standard InChI is InChI=1S/C19H25ClN2O4/c1-13(24)22-10-14(11-23)19(12-22)5-7-21(8-6-19)18(25)16-9-15(20)3-4-17(16)26-2/h3-4,9,14,23H,5-8,10-12H2,1-2H3. The summed E-state index contributed by atoms with van der Waals surface area (Å²) >= 11 is 6.05. The molecule has 142 valence electrons. The van der Waals surface area contributed by atoms with Gasteiger partial charge in [0.05, 0.1) is 12.7 Å². The third-order valence-corrected chi connectivity index (χ3v) is 6.15. The molecule has 1 aromatic rings. The van der Waals surface area contributed by atoms with E-state index in [1.807, 2.05) is 9.80 Å². The Balaban J connectivity index is 1.73. The van der Waals surface area contributed by atoms with Crippen molar-refractivity contribution in [3.63, 3.8) is 0 Å². The van der Waals surface area contributed by atoms with Gasteiger partial charge in [0, 0.05) is 50.7 Å². The summed E-state index contributed by atoms with van der Waals surface area (Å²) in [7, 11) is 1.53. The van der Waals surface area contributed by atoms with Crippen molar-refractivity contribution in [2.45, 2.75) is 19.8 Å². The number of aliphatic hydroxyl groups excluding tert-OH is 1. The molecule has 1 spiro atoms. The van der Waals surface area contributed by atoms with E-state index < -0.39 is 0 Å². The minimum Gasteiger partial charge on any atom is -0.496 e. The van der Waals surface area contributed by atoms with E-state index >= 15 is 0 Å². The van der Waals surface area contributed by atoms with Gasteiger partial charge in [0.1, 0.15) is 5.75 Å². The first-order valence-electron chi connectivity index (χ1n) is 8.89. The number of piperidine rings is 1. The van der Waals surface area contributed by atoms with Crippen LogP contribution in [0.2, 0.25) is 5.02 Å². The van der Waals surface area contributed by atoms with Gasteiger partial charge in [0.25, 0.3) is 5.91 Å². The fraction of sp³-hybridized carbons (Fsp3) is 0.579. The van der Waals surface area contributed by atoms with Gasteiger partial charge in [-0.1, -0.05) is 11.6 Å². The smallest absolute Gasteiger partial charge is 0.257 e. The van der Waals surface area contributed by atoms with Crippen LogP contribution >= 0.6 is 11.6 Å². The number of hydrogen-bond acceptors (Lipinski definition) is 4. The van der Waals surface area contributed by atoms with Gasteiger partial charge in [-0.2, -0.15) is 0 Å². The molecule has 0 radical (unpaired) electrons. The number of likely N-dealkylation sites (tertiary alicyclic amines) is 2. The van der Waals surface area contributed by atoms with Crippen molar-refractivity contribution >= 4 is 23.4 Å². The summed E-state index contributed by atoms with van der Waals surface area (Å²) in [5, 5.41) is 10.3. The molecule has 26 heavy (non-hydrogen) atoms. The van der Waals surface area contributed by atoms with Gasteiger partial charge in [0.15, 0.2) is 0 Å². The molecule has 0 saturated carbocycles. The topological polar surface area (TPSA) is 70.1 Å². The lowest BCUT2D eigenvalue weighted by Crippen LogP contribution is -2.47. The molecule has 2 heterocycles. The average Bonchev–Trinajstić information content (AvgIpc) is 3.00. The zero-order chi connectivity index (χ0) is 18.9. The second-order valence-electron chi connectivity index (χ2n) is 7.28. The van der Waals surface area contributed by atoms with E-state index in [4.69, 9.17) is 16.3 Å². The number of halogens is 1. The van der Waals surface area contributed by atoms with Crippen LogP contribution in [-0.4, -0.2) is 66.6 Å². The van der Waals surface area contributed by atoms with Gasteiger partial charge >= 0.3 is 0 Å². The molecule has 1 unspecified atom stereocenters. The summed E-state index contributed by atoms with van der Waals surface area (Å²) in [4.78, 5) is 28.3. The lowest BCUT2D eigenvalue weighted by Gasteiger charge is -2.42. The van der Waals surface area contributed by atoms with Crippen LogP contribution in [0.15, 0.2) is 18.2 Å². The van der Waals surface area contributed by atoms with E-state index in [-0.39, 0.29) is 29.8 Å². The third-order valence-electron chi connectivity index (χ3n) is 5.92. The van der Waals surface area contributed by atoms with Gasteiger partial charge in [-0.25, -0.2) is 0 Å². The predicted molar refractivity (Wildman–Crippen MR) is 98.4 cm³/mol. The number of benzene rings is 1. The predicted octanol–water partition coefficient (Wildman–Crippen LogP) is 2.04. The molecule has 6 nitrogen and oxygen atoms in total. The maximum atomic E-state index is 12.9. The molecule has 3 rings (SSSR count). The van der Waals surface area contributed by atoms with Crippen LogP contribution in [0.3, 0.4) is 0 Å². The van der Waals surface area contributed by atoms with Crippen molar-refractivity contribution < 1.29 is 19.4 Å². The first-order valence-corrected chi connectivity index (χ1v) is 9.27. The molecule has 0 aromatic heterocycles. The number of hydrogen-bond donors (Lipinski definition) is 1. The van der Waals surface area contributed by atoms with Crippen molar-refractivity contribution in [1.29, 1.82) is 0 Å². The van der Waals surface area contributed by atoms with Crippen LogP contribution in [0, 0.1) is 11.3 Å². The summed E-state index contributed by atoms with van der Waals surface area (Å²) in [5.41, 5.74) is 0.363. The monoisotopic (exact) mass is 380 g/mol. The Bertz CT molecular complexity index is 701. The molecule has 7 heteroatoms. The van der Waals surface area contributed by atoms with E-state index in [2.05, 4.69) is 0 Å². The summed E-state index contributed by atoms with van der Waals surface area (Å²) in [6.07, 6.45) is 1.55. The summed E-state index contributed by atoms with van der Waals surface area (Å²) in [6, 6.07) is 5.03. The number of methoxy groups -OCH3 is 1. The molecule has 0 aliphatic carbocycles. The number of rotatable bonds is 3. The Hall–Kier alpha value is -1.79. The van der Waals surface area contributed by atoms with Crippen LogP contribution in [-0.2, 0) is 4.79 Å². The quantitative estimate of drug-likeness (QED) is 0.871. The number of aliphatic hydroxyl groups is 1. The summed E-state index contributed by atoms with van der Waals surface area (Å²) in [5.74, 6) is 0.532. The highest BCUT2D eigenvalue weighted by molar-refractivity contribution is 6.31. The Labute approximate surface area is 158 Å². The Morgan fingerprint density at radius 3 is 2.58 bits per heavy atom. The first kappa shape index (κ1) is 19.0. The van der Waals surface area contributed by atoms with Gasteiger partial charge in [-0.3, -0.25) is 9.59 Å². The Morgan fingerprint density at radius 2 is 2.00 bits per heavy atom. The minimum atomic E-state index is -0.102. The molecule has 2 fully saturated rings. The zero-order valence-electron chi connectivity index (χ0n) is 15.2. The van der Waals surface area contributed by atoms with Crippen LogP contribution < -0.4 is 4.74 Å². The van der Waals surface area contributed by atoms with Gasteiger partial charge in [0.2, 0.25) is 5.91 Å². The maximum Gasteiger partial charge on any atom is 0.257 e. The Morgan fingerprint density at radius 1 is 1.31 bits per heavy atom. The van der Waals surface area contributed by atoms with E-state index in [0.29, 0.717) is 42.5 Å².